The van der Waals surface area contributed by atoms with Crippen molar-refractivity contribution in [2.75, 3.05) is 0 Å². The third-order valence-corrected chi connectivity index (χ3v) is 3.91. The quantitative estimate of drug-likeness (QED) is 0.590. The number of hydrogen-bond donors (Lipinski definition) is 1. The molecule has 0 aliphatic rings. The molecule has 0 spiro atoms. The molecule has 0 amide bonds. The van der Waals surface area contributed by atoms with E-state index in [0.717, 1.165) is 4.47 Å². The van der Waals surface area contributed by atoms with Gasteiger partial charge in [-0.05, 0) is 42.5 Å². The first-order valence-corrected chi connectivity index (χ1v) is 7.00. The van der Waals surface area contributed by atoms with Gasteiger partial charge in [-0.25, -0.2) is 4.39 Å². The number of nitrogens with zero attached hydrogens (tertiary/aromatic N) is 1. The van der Waals surface area contributed by atoms with Crippen LogP contribution >= 0.6 is 39.7 Å². The third kappa shape index (κ3) is 2.12. The van der Waals surface area contributed by atoms with Gasteiger partial charge in [0.05, 0.1) is 16.2 Å². The van der Waals surface area contributed by atoms with Crippen LogP contribution in [0.1, 0.15) is 0 Å². The summed E-state index contributed by atoms with van der Waals surface area (Å²) in [6.07, 6.45) is 0. The zero-order valence-electron chi connectivity index (χ0n) is 9.45. The summed E-state index contributed by atoms with van der Waals surface area (Å²) >= 11 is 14.9. The summed E-state index contributed by atoms with van der Waals surface area (Å²) in [6, 6.07) is 10.3. The van der Waals surface area contributed by atoms with Gasteiger partial charge in [-0.1, -0.05) is 33.6 Å². The smallest absolute Gasteiger partial charge is 0.182 e. The third-order valence-electron chi connectivity index (χ3n) is 2.82. The fraction of sp³-hybridized carbons (Fsp3) is 0. The Balaban J connectivity index is 2.43. The lowest BCUT2D eigenvalue weighted by Crippen LogP contribution is -1.95. The second kappa shape index (κ2) is 4.74. The number of aromatic nitrogens is 2. The Morgan fingerprint density at radius 2 is 2.05 bits per heavy atom. The number of fused-ring (bicyclic) bond motifs is 1. The summed E-state index contributed by atoms with van der Waals surface area (Å²) in [4.78, 5) is 2.87. The fourth-order valence-electron chi connectivity index (χ4n) is 1.99. The molecule has 0 radical (unpaired) electrons. The van der Waals surface area contributed by atoms with Crippen LogP contribution in [0.4, 0.5) is 4.39 Å². The molecule has 1 N–H and O–H groups in total. The van der Waals surface area contributed by atoms with E-state index < -0.39 is 0 Å². The molecule has 0 aliphatic carbocycles. The van der Waals surface area contributed by atoms with E-state index in [2.05, 4.69) is 20.9 Å². The van der Waals surface area contributed by atoms with E-state index in [4.69, 9.17) is 23.8 Å². The molecule has 0 saturated carbocycles. The van der Waals surface area contributed by atoms with Gasteiger partial charge in [0.2, 0.25) is 0 Å². The molecule has 3 rings (SSSR count). The molecule has 1 aromatic heterocycles. The van der Waals surface area contributed by atoms with Gasteiger partial charge in [-0.15, -0.1) is 0 Å². The first-order chi connectivity index (χ1) is 9.08. The van der Waals surface area contributed by atoms with Crippen molar-refractivity contribution < 1.29 is 4.39 Å². The lowest BCUT2D eigenvalue weighted by Gasteiger charge is -2.07. The van der Waals surface area contributed by atoms with Gasteiger partial charge in [0.1, 0.15) is 11.3 Å². The summed E-state index contributed by atoms with van der Waals surface area (Å²) < 4.78 is 16.7. The fourth-order valence-corrected chi connectivity index (χ4v) is 2.84. The molecule has 0 fully saturated rings. The van der Waals surface area contributed by atoms with Gasteiger partial charge in [0.25, 0.3) is 0 Å². The number of H-pyrrole nitrogens is 1. The summed E-state index contributed by atoms with van der Waals surface area (Å²) in [7, 11) is 0. The van der Waals surface area contributed by atoms with Crippen LogP contribution in [0.25, 0.3) is 16.7 Å². The molecular weight excluding hydrogens is 351 g/mol. The number of rotatable bonds is 1. The van der Waals surface area contributed by atoms with Crippen molar-refractivity contribution >= 4 is 50.8 Å². The van der Waals surface area contributed by atoms with Gasteiger partial charge in [0, 0.05) is 4.47 Å². The summed E-state index contributed by atoms with van der Waals surface area (Å²) in [6.45, 7) is 0. The minimum absolute atomic E-state index is 0.339. The Morgan fingerprint density at radius 1 is 1.26 bits per heavy atom. The van der Waals surface area contributed by atoms with E-state index in [-0.39, 0.29) is 5.82 Å². The van der Waals surface area contributed by atoms with E-state index in [1.165, 1.54) is 6.07 Å². The maximum absolute atomic E-state index is 13.7. The largest absolute Gasteiger partial charge is 0.328 e. The Kier molecular flexibility index (Phi) is 3.20. The highest BCUT2D eigenvalue weighted by atomic mass is 79.9. The lowest BCUT2D eigenvalue weighted by atomic mass is 10.2. The number of imidazole rings is 1. The minimum Gasteiger partial charge on any atom is -0.328 e. The zero-order chi connectivity index (χ0) is 13.6. The molecule has 0 aliphatic heterocycles. The van der Waals surface area contributed by atoms with Crippen LogP contribution < -0.4 is 0 Å². The van der Waals surface area contributed by atoms with E-state index in [1.54, 1.807) is 22.8 Å². The van der Waals surface area contributed by atoms with Crippen LogP contribution in [0.15, 0.2) is 40.9 Å². The highest BCUT2D eigenvalue weighted by Gasteiger charge is 2.12. The highest BCUT2D eigenvalue weighted by Crippen LogP contribution is 2.28. The normalized spacial score (nSPS) is 11.1. The number of hydrogen-bond acceptors (Lipinski definition) is 1. The Morgan fingerprint density at radius 3 is 2.84 bits per heavy atom. The minimum atomic E-state index is -0.339. The summed E-state index contributed by atoms with van der Waals surface area (Å²) in [5.41, 5.74) is 1.74. The predicted octanol–water partition coefficient (Wildman–Crippen LogP) is 5.24. The molecule has 6 heteroatoms. The van der Waals surface area contributed by atoms with Crippen molar-refractivity contribution in [3.05, 3.63) is 56.5 Å². The van der Waals surface area contributed by atoms with Crippen LogP contribution in [0.3, 0.4) is 0 Å². The molecule has 0 atom stereocenters. The Bertz CT molecular complexity index is 840. The first-order valence-electron chi connectivity index (χ1n) is 5.42. The molecule has 96 valence electrons. The second-order valence-electron chi connectivity index (χ2n) is 4.00. The van der Waals surface area contributed by atoms with Crippen LogP contribution in [0.5, 0.6) is 0 Å². The Hall–Kier alpha value is -1.17. The average molecular weight is 358 g/mol. The molecule has 3 aromatic rings. The SMILES string of the molecule is Fc1cccc2c1[nH]c(=S)n2-c1cc(Br)ccc1Cl. The Labute approximate surface area is 127 Å². The number of benzene rings is 2. The number of para-hydroxylation sites is 1. The van der Waals surface area contributed by atoms with E-state index >= 15 is 0 Å². The van der Waals surface area contributed by atoms with Gasteiger partial charge >= 0.3 is 0 Å². The molecule has 19 heavy (non-hydrogen) atoms. The molecular formula is C13H7BrClFN2S. The topological polar surface area (TPSA) is 20.7 Å². The van der Waals surface area contributed by atoms with Crippen molar-refractivity contribution in [1.29, 1.82) is 0 Å². The second-order valence-corrected chi connectivity index (χ2v) is 5.70. The lowest BCUT2D eigenvalue weighted by molar-refractivity contribution is 0.637. The predicted molar refractivity (Wildman–Crippen MR) is 81.1 cm³/mol. The maximum Gasteiger partial charge on any atom is 0.182 e. The first kappa shape index (κ1) is 12.8. The highest BCUT2D eigenvalue weighted by molar-refractivity contribution is 9.10. The molecule has 2 aromatic carbocycles. The van der Waals surface area contributed by atoms with Crippen molar-refractivity contribution in [2.45, 2.75) is 0 Å². The van der Waals surface area contributed by atoms with Crippen LogP contribution in [-0.4, -0.2) is 9.55 Å². The number of halogens is 3. The van der Waals surface area contributed by atoms with Gasteiger partial charge in [0.15, 0.2) is 4.77 Å². The van der Waals surface area contributed by atoms with E-state index in [1.807, 2.05) is 12.1 Å². The van der Waals surface area contributed by atoms with E-state index in [9.17, 15) is 4.39 Å². The van der Waals surface area contributed by atoms with Crippen molar-refractivity contribution in [3.8, 4) is 5.69 Å². The van der Waals surface area contributed by atoms with Gasteiger partial charge in [-0.3, -0.25) is 4.57 Å². The number of aromatic amines is 1. The van der Waals surface area contributed by atoms with Crippen LogP contribution in [-0.2, 0) is 0 Å². The molecule has 2 nitrogen and oxygen atoms in total. The zero-order valence-corrected chi connectivity index (χ0v) is 12.6. The molecule has 1 heterocycles. The standard InChI is InChI=1S/C13H7BrClFN2S/c14-7-4-5-8(15)11(6-7)18-10-3-1-2-9(16)12(10)17-13(18)19/h1-6H,(H,17,19). The maximum atomic E-state index is 13.7. The van der Waals surface area contributed by atoms with Crippen LogP contribution in [0, 0.1) is 10.6 Å². The summed E-state index contributed by atoms with van der Waals surface area (Å²) in [5.74, 6) is -0.339. The van der Waals surface area contributed by atoms with Gasteiger partial charge < -0.3 is 4.98 Å². The summed E-state index contributed by atoms with van der Waals surface area (Å²) in [5, 5.41) is 0.546. The number of nitrogens with one attached hydrogen (secondary N) is 1. The van der Waals surface area contributed by atoms with Crippen molar-refractivity contribution in [2.24, 2.45) is 0 Å². The van der Waals surface area contributed by atoms with Crippen LogP contribution in [0.2, 0.25) is 5.02 Å². The van der Waals surface area contributed by atoms with Gasteiger partial charge in [-0.2, -0.15) is 0 Å². The van der Waals surface area contributed by atoms with Crippen molar-refractivity contribution in [1.82, 2.24) is 9.55 Å². The monoisotopic (exact) mass is 356 g/mol. The molecule has 0 bridgehead atoms. The molecule has 0 saturated heterocycles. The van der Waals surface area contributed by atoms with Crippen molar-refractivity contribution in [3.63, 3.8) is 0 Å². The average Bonchev–Trinajstić information content (AvgIpc) is 2.70. The molecule has 0 unspecified atom stereocenters. The van der Waals surface area contributed by atoms with E-state index in [0.29, 0.717) is 26.5 Å².